The normalized spacial score (nSPS) is 11.5. The Labute approximate surface area is 92.3 Å². The summed E-state index contributed by atoms with van der Waals surface area (Å²) in [4.78, 5) is 5.62. The van der Waals surface area contributed by atoms with Crippen molar-refractivity contribution >= 4 is 21.6 Å². The van der Waals surface area contributed by atoms with Crippen molar-refractivity contribution in [2.75, 3.05) is 17.3 Å². The summed E-state index contributed by atoms with van der Waals surface area (Å²) in [6, 6.07) is 1.68. The second kappa shape index (κ2) is 4.26. The Balaban J connectivity index is 3.00. The van der Waals surface area contributed by atoms with Crippen molar-refractivity contribution in [3.05, 3.63) is 24.3 Å². The molecule has 1 aromatic heterocycles. The highest BCUT2D eigenvalue weighted by molar-refractivity contribution is 9.09. The minimum atomic E-state index is -0.288. The first kappa shape index (κ1) is 11.4. The maximum absolute atomic E-state index is 13.4. The van der Waals surface area contributed by atoms with E-state index in [2.05, 4.69) is 20.9 Å². The van der Waals surface area contributed by atoms with Crippen LogP contribution in [-0.4, -0.2) is 22.9 Å². The molecule has 0 aliphatic rings. The first-order valence-electron chi connectivity index (χ1n) is 4.38. The van der Waals surface area contributed by atoms with Crippen LogP contribution in [-0.2, 0) is 0 Å². The Bertz CT molecular complexity index is 315. The number of halogens is 2. The summed E-state index contributed by atoms with van der Waals surface area (Å²) in [7, 11) is 1.87. The molecule has 78 valence electrons. The first-order valence-corrected chi connectivity index (χ1v) is 5.50. The van der Waals surface area contributed by atoms with E-state index in [9.17, 15) is 4.39 Å². The average Bonchev–Trinajstić information content (AvgIpc) is 2.17. The molecule has 1 aromatic rings. The van der Waals surface area contributed by atoms with Crippen LogP contribution >= 0.6 is 15.9 Å². The second-order valence-electron chi connectivity index (χ2n) is 3.83. The highest BCUT2D eigenvalue weighted by Crippen LogP contribution is 2.25. The van der Waals surface area contributed by atoms with Crippen LogP contribution in [0.3, 0.4) is 0 Å². The molecule has 0 aromatic carbocycles. The van der Waals surface area contributed by atoms with Gasteiger partial charge in [-0.15, -0.1) is 0 Å². The molecule has 0 amide bonds. The van der Waals surface area contributed by atoms with Gasteiger partial charge in [0.25, 0.3) is 0 Å². The van der Waals surface area contributed by atoms with Gasteiger partial charge in [-0.25, -0.2) is 4.39 Å². The van der Waals surface area contributed by atoms with Gasteiger partial charge < -0.3 is 4.90 Å². The molecule has 2 nitrogen and oxygen atoms in total. The van der Waals surface area contributed by atoms with Gasteiger partial charge in [0, 0.05) is 24.1 Å². The fraction of sp³-hybridized carbons (Fsp3) is 0.500. The highest BCUT2D eigenvalue weighted by Gasteiger charge is 2.24. The largest absolute Gasteiger partial charge is 0.366 e. The zero-order valence-electron chi connectivity index (χ0n) is 8.59. The van der Waals surface area contributed by atoms with E-state index in [1.54, 1.807) is 12.3 Å². The average molecular weight is 261 g/mol. The molecule has 0 radical (unpaired) electrons. The molecule has 1 rings (SSSR count). The minimum Gasteiger partial charge on any atom is -0.366 e. The Morgan fingerprint density at radius 2 is 2.21 bits per heavy atom. The molecule has 0 atom stereocenters. The number of hydrogen-bond acceptors (Lipinski definition) is 2. The Morgan fingerprint density at radius 1 is 1.57 bits per heavy atom. The fourth-order valence-electron chi connectivity index (χ4n) is 1.06. The highest BCUT2D eigenvalue weighted by atomic mass is 79.9. The molecular weight excluding hydrogens is 247 g/mol. The van der Waals surface area contributed by atoms with E-state index in [0.717, 1.165) is 5.33 Å². The minimum absolute atomic E-state index is 0.123. The number of aromatic nitrogens is 1. The predicted molar refractivity (Wildman–Crippen MR) is 60.5 cm³/mol. The third kappa shape index (κ3) is 2.23. The molecule has 0 spiro atoms. The van der Waals surface area contributed by atoms with Crippen molar-refractivity contribution in [1.29, 1.82) is 0 Å². The van der Waals surface area contributed by atoms with E-state index < -0.39 is 0 Å². The summed E-state index contributed by atoms with van der Waals surface area (Å²) in [5.74, 6) is -0.288. The number of nitrogens with zero attached hydrogens (tertiary/aromatic N) is 2. The third-order valence-electron chi connectivity index (χ3n) is 2.35. The lowest BCUT2D eigenvalue weighted by atomic mass is 10.1. The van der Waals surface area contributed by atoms with Crippen LogP contribution in [0.5, 0.6) is 0 Å². The maximum atomic E-state index is 13.4. The van der Waals surface area contributed by atoms with Crippen molar-refractivity contribution in [2.24, 2.45) is 0 Å². The van der Waals surface area contributed by atoms with Crippen LogP contribution in [0.1, 0.15) is 13.8 Å². The van der Waals surface area contributed by atoms with Gasteiger partial charge in [-0.05, 0) is 19.9 Å². The van der Waals surface area contributed by atoms with Gasteiger partial charge in [-0.2, -0.15) is 0 Å². The molecule has 0 N–H and O–H groups in total. The molecular formula is C10H14BrFN2. The Hall–Kier alpha value is -0.640. The van der Waals surface area contributed by atoms with Gasteiger partial charge in [0.15, 0.2) is 5.82 Å². The van der Waals surface area contributed by atoms with Crippen LogP contribution in [0, 0.1) is 5.82 Å². The fourth-order valence-corrected chi connectivity index (χ4v) is 1.43. The molecule has 0 aliphatic heterocycles. The van der Waals surface area contributed by atoms with Crippen molar-refractivity contribution in [3.8, 4) is 0 Å². The monoisotopic (exact) mass is 260 g/mol. The lowest BCUT2D eigenvalue weighted by Crippen LogP contribution is -2.43. The second-order valence-corrected chi connectivity index (χ2v) is 4.39. The molecule has 0 saturated heterocycles. The quantitative estimate of drug-likeness (QED) is 0.778. The number of pyridine rings is 1. The first-order chi connectivity index (χ1) is 6.49. The summed E-state index contributed by atoms with van der Waals surface area (Å²) in [6.07, 6.45) is 2.83. The van der Waals surface area contributed by atoms with Crippen molar-refractivity contribution in [1.82, 2.24) is 4.98 Å². The van der Waals surface area contributed by atoms with Crippen molar-refractivity contribution in [3.63, 3.8) is 0 Å². The summed E-state index contributed by atoms with van der Waals surface area (Å²) in [5.41, 5.74) is 0.451. The van der Waals surface area contributed by atoms with Gasteiger partial charge >= 0.3 is 0 Å². The number of alkyl halides is 1. The molecule has 0 saturated carbocycles. The van der Waals surface area contributed by atoms with Crippen molar-refractivity contribution < 1.29 is 4.39 Å². The van der Waals surface area contributed by atoms with E-state index in [4.69, 9.17) is 0 Å². The molecule has 4 heteroatoms. The van der Waals surface area contributed by atoms with E-state index >= 15 is 0 Å². The lowest BCUT2D eigenvalue weighted by molar-refractivity contribution is 0.531. The standard InChI is InChI=1S/C10H14BrFN2/c1-10(2,7-11)14(3)9-4-5-13-6-8(9)12/h4-6H,7H2,1-3H3. The summed E-state index contributed by atoms with van der Waals surface area (Å²) in [5, 5.41) is 0.776. The Morgan fingerprint density at radius 3 is 2.71 bits per heavy atom. The summed E-state index contributed by atoms with van der Waals surface area (Å²) >= 11 is 3.41. The van der Waals surface area contributed by atoms with Crippen LogP contribution in [0.4, 0.5) is 10.1 Å². The smallest absolute Gasteiger partial charge is 0.164 e. The topological polar surface area (TPSA) is 16.1 Å². The van der Waals surface area contributed by atoms with Gasteiger partial charge in [0.2, 0.25) is 0 Å². The number of hydrogen-bond donors (Lipinski definition) is 0. The maximum Gasteiger partial charge on any atom is 0.164 e. The van der Waals surface area contributed by atoms with Gasteiger partial charge in [0.1, 0.15) is 0 Å². The van der Waals surface area contributed by atoms with Gasteiger partial charge in [0.05, 0.1) is 11.9 Å². The predicted octanol–water partition coefficient (Wildman–Crippen LogP) is 2.83. The van der Waals surface area contributed by atoms with E-state index in [1.807, 2.05) is 25.8 Å². The van der Waals surface area contributed by atoms with E-state index in [0.29, 0.717) is 5.69 Å². The van der Waals surface area contributed by atoms with Crippen LogP contribution in [0.25, 0.3) is 0 Å². The van der Waals surface area contributed by atoms with Crippen molar-refractivity contribution in [2.45, 2.75) is 19.4 Å². The van der Waals surface area contributed by atoms with E-state index in [1.165, 1.54) is 6.20 Å². The SMILES string of the molecule is CN(c1ccncc1F)C(C)(C)CBr. The van der Waals surface area contributed by atoms with Crippen LogP contribution < -0.4 is 4.90 Å². The Kier molecular flexibility index (Phi) is 3.48. The molecule has 0 aliphatic carbocycles. The zero-order valence-corrected chi connectivity index (χ0v) is 10.2. The molecule has 0 unspecified atom stereocenters. The molecule has 1 heterocycles. The number of rotatable bonds is 3. The van der Waals surface area contributed by atoms with Crippen LogP contribution in [0.15, 0.2) is 18.5 Å². The van der Waals surface area contributed by atoms with Crippen LogP contribution in [0.2, 0.25) is 0 Å². The van der Waals surface area contributed by atoms with Gasteiger partial charge in [-0.1, -0.05) is 15.9 Å². The third-order valence-corrected chi connectivity index (χ3v) is 3.72. The summed E-state index contributed by atoms with van der Waals surface area (Å²) in [6.45, 7) is 4.09. The lowest BCUT2D eigenvalue weighted by Gasteiger charge is -2.36. The number of anilines is 1. The zero-order chi connectivity index (χ0) is 10.8. The molecule has 0 fully saturated rings. The molecule has 0 bridgehead atoms. The summed E-state index contributed by atoms with van der Waals surface area (Å²) < 4.78 is 13.4. The molecule has 14 heavy (non-hydrogen) atoms. The van der Waals surface area contributed by atoms with E-state index in [-0.39, 0.29) is 11.4 Å². The van der Waals surface area contributed by atoms with Gasteiger partial charge in [-0.3, -0.25) is 4.98 Å².